The topological polar surface area (TPSA) is 88.5 Å². The Hall–Kier alpha value is -2.97. The minimum atomic E-state index is -0.404. The van der Waals surface area contributed by atoms with Crippen LogP contribution in [0.25, 0.3) is 0 Å². The molecule has 132 valence electrons. The third-order valence-corrected chi connectivity index (χ3v) is 4.50. The summed E-state index contributed by atoms with van der Waals surface area (Å²) in [5.74, 6) is 0.364. The quantitative estimate of drug-likeness (QED) is 0.497. The van der Waals surface area contributed by atoms with Gasteiger partial charge in [0.15, 0.2) is 10.3 Å². The minimum absolute atomic E-state index is 0.280. The molecular weight excluding hydrogens is 374 g/mol. The summed E-state index contributed by atoms with van der Waals surface area (Å²) in [5, 5.41) is 7.95. The van der Waals surface area contributed by atoms with Gasteiger partial charge in [0, 0.05) is 11.9 Å². The summed E-state index contributed by atoms with van der Waals surface area (Å²) in [6.07, 6.45) is 2.98. The van der Waals surface area contributed by atoms with Crippen molar-refractivity contribution >= 4 is 45.9 Å². The second kappa shape index (κ2) is 8.41. The van der Waals surface area contributed by atoms with E-state index in [4.69, 9.17) is 16.3 Å². The molecule has 2 heterocycles. The highest BCUT2D eigenvalue weighted by Crippen LogP contribution is 2.28. The maximum Gasteiger partial charge on any atom is 0.289 e. The van der Waals surface area contributed by atoms with Gasteiger partial charge in [-0.15, -0.1) is 0 Å². The summed E-state index contributed by atoms with van der Waals surface area (Å²) in [4.78, 5) is 20.7. The number of nitrogens with one attached hydrogen (secondary N) is 2. The number of anilines is 2. The standard InChI is InChI=1S/C17H14ClN5O2S/c1-25-12-7-5-11(6-8-12)21-17-22-15(18)14(26-17)10-20-23-16(24)13-4-2-3-9-19-13/h2-10H,1H3,(H,21,22)(H,23,24)/b20-10+. The van der Waals surface area contributed by atoms with E-state index in [0.29, 0.717) is 15.2 Å². The van der Waals surface area contributed by atoms with Gasteiger partial charge >= 0.3 is 0 Å². The van der Waals surface area contributed by atoms with Crippen molar-refractivity contribution in [3.8, 4) is 5.75 Å². The lowest BCUT2D eigenvalue weighted by Gasteiger charge is -2.03. The number of carbonyl (C=O) groups is 1. The lowest BCUT2D eigenvalue weighted by molar-refractivity contribution is 0.0950. The number of rotatable bonds is 6. The Morgan fingerprint density at radius 3 is 2.77 bits per heavy atom. The van der Waals surface area contributed by atoms with E-state index in [-0.39, 0.29) is 5.69 Å². The average molecular weight is 388 g/mol. The van der Waals surface area contributed by atoms with Gasteiger partial charge in [0.05, 0.1) is 18.2 Å². The van der Waals surface area contributed by atoms with Gasteiger partial charge in [0.1, 0.15) is 11.4 Å². The predicted molar refractivity (Wildman–Crippen MR) is 103 cm³/mol. The minimum Gasteiger partial charge on any atom is -0.497 e. The Morgan fingerprint density at radius 2 is 2.08 bits per heavy atom. The van der Waals surface area contributed by atoms with Crippen molar-refractivity contribution in [2.24, 2.45) is 5.10 Å². The first-order valence-corrected chi connectivity index (χ1v) is 8.67. The first-order chi connectivity index (χ1) is 12.7. The number of carbonyl (C=O) groups excluding carboxylic acids is 1. The number of methoxy groups -OCH3 is 1. The molecule has 2 aromatic heterocycles. The molecule has 0 saturated carbocycles. The summed E-state index contributed by atoms with van der Waals surface area (Å²) in [5.41, 5.74) is 3.53. The van der Waals surface area contributed by atoms with Gasteiger partial charge in [0.25, 0.3) is 5.91 Å². The van der Waals surface area contributed by atoms with E-state index >= 15 is 0 Å². The molecule has 0 radical (unpaired) electrons. The van der Waals surface area contributed by atoms with E-state index in [0.717, 1.165) is 11.4 Å². The predicted octanol–water partition coefficient (Wildman–Crippen LogP) is 3.71. The molecule has 7 nitrogen and oxygen atoms in total. The molecule has 0 unspecified atom stereocenters. The molecule has 0 aliphatic rings. The van der Waals surface area contributed by atoms with Crippen LogP contribution < -0.4 is 15.5 Å². The summed E-state index contributed by atoms with van der Waals surface area (Å²) in [7, 11) is 1.61. The number of benzene rings is 1. The van der Waals surface area contributed by atoms with E-state index < -0.39 is 5.91 Å². The van der Waals surface area contributed by atoms with Gasteiger partial charge in [-0.1, -0.05) is 29.0 Å². The normalized spacial score (nSPS) is 10.7. The number of thiazole rings is 1. The van der Waals surface area contributed by atoms with E-state index in [1.807, 2.05) is 24.3 Å². The third kappa shape index (κ3) is 4.56. The maximum atomic E-state index is 11.9. The Balaban J connectivity index is 1.63. The molecule has 0 fully saturated rings. The van der Waals surface area contributed by atoms with Gasteiger partial charge in [-0.2, -0.15) is 5.10 Å². The first-order valence-electron chi connectivity index (χ1n) is 7.47. The largest absolute Gasteiger partial charge is 0.497 e. The fourth-order valence-electron chi connectivity index (χ4n) is 1.95. The number of hydrazone groups is 1. The van der Waals surface area contributed by atoms with Crippen LogP contribution in [0.1, 0.15) is 15.4 Å². The molecule has 1 amide bonds. The first kappa shape index (κ1) is 17.8. The molecule has 0 atom stereocenters. The third-order valence-electron chi connectivity index (χ3n) is 3.20. The van der Waals surface area contributed by atoms with Crippen LogP contribution in [0.15, 0.2) is 53.8 Å². The molecule has 0 aliphatic heterocycles. The Kier molecular flexibility index (Phi) is 5.77. The van der Waals surface area contributed by atoms with Crippen molar-refractivity contribution < 1.29 is 9.53 Å². The zero-order chi connectivity index (χ0) is 18.4. The highest BCUT2D eigenvalue weighted by Gasteiger charge is 2.09. The maximum absolute atomic E-state index is 11.9. The number of aromatic nitrogens is 2. The van der Waals surface area contributed by atoms with E-state index in [2.05, 4.69) is 25.8 Å². The summed E-state index contributed by atoms with van der Waals surface area (Å²) in [6, 6.07) is 12.5. The van der Waals surface area contributed by atoms with Crippen LogP contribution in [-0.4, -0.2) is 29.2 Å². The van der Waals surface area contributed by atoms with Crippen molar-refractivity contribution in [3.05, 3.63) is 64.4 Å². The Morgan fingerprint density at radius 1 is 1.27 bits per heavy atom. The molecule has 3 rings (SSSR count). The lowest BCUT2D eigenvalue weighted by atomic mass is 10.3. The van der Waals surface area contributed by atoms with E-state index in [1.165, 1.54) is 23.7 Å². The van der Waals surface area contributed by atoms with Crippen molar-refractivity contribution in [3.63, 3.8) is 0 Å². The summed E-state index contributed by atoms with van der Waals surface area (Å²) < 4.78 is 5.12. The Labute approximate surface area is 158 Å². The average Bonchev–Trinajstić information content (AvgIpc) is 3.02. The van der Waals surface area contributed by atoms with Crippen molar-refractivity contribution in [2.75, 3.05) is 12.4 Å². The molecule has 0 spiro atoms. The van der Waals surface area contributed by atoms with Crippen LogP contribution in [0.4, 0.5) is 10.8 Å². The van der Waals surface area contributed by atoms with Gasteiger partial charge in [-0.25, -0.2) is 10.4 Å². The lowest BCUT2D eigenvalue weighted by Crippen LogP contribution is -2.18. The number of nitrogens with zero attached hydrogens (tertiary/aromatic N) is 3. The fraction of sp³-hybridized carbons (Fsp3) is 0.0588. The number of halogens is 1. The molecule has 1 aromatic carbocycles. The van der Waals surface area contributed by atoms with Crippen LogP contribution in [-0.2, 0) is 0 Å². The molecule has 0 bridgehead atoms. The number of hydrogen-bond donors (Lipinski definition) is 2. The number of hydrogen-bond acceptors (Lipinski definition) is 7. The van der Waals surface area contributed by atoms with Crippen molar-refractivity contribution in [1.82, 2.24) is 15.4 Å². The molecule has 0 saturated heterocycles. The van der Waals surface area contributed by atoms with Crippen LogP contribution in [0, 0.1) is 0 Å². The zero-order valence-corrected chi connectivity index (χ0v) is 15.2. The number of pyridine rings is 1. The van der Waals surface area contributed by atoms with Crippen LogP contribution in [0.3, 0.4) is 0 Å². The van der Waals surface area contributed by atoms with Crippen LogP contribution >= 0.6 is 22.9 Å². The second-order valence-corrected chi connectivity index (χ2v) is 6.33. The molecule has 2 N–H and O–H groups in total. The monoisotopic (exact) mass is 387 g/mol. The zero-order valence-electron chi connectivity index (χ0n) is 13.6. The van der Waals surface area contributed by atoms with Gasteiger partial charge < -0.3 is 10.1 Å². The molecular formula is C17H14ClN5O2S. The van der Waals surface area contributed by atoms with Crippen LogP contribution in [0.2, 0.25) is 5.15 Å². The molecule has 26 heavy (non-hydrogen) atoms. The van der Waals surface area contributed by atoms with Gasteiger partial charge in [-0.05, 0) is 36.4 Å². The summed E-state index contributed by atoms with van der Waals surface area (Å²) >= 11 is 7.42. The Bertz CT molecular complexity index is 913. The molecule has 0 aliphatic carbocycles. The molecule has 9 heteroatoms. The number of ether oxygens (including phenoxy) is 1. The number of amides is 1. The molecule has 3 aromatic rings. The van der Waals surface area contributed by atoms with Crippen LogP contribution in [0.5, 0.6) is 5.75 Å². The highest BCUT2D eigenvalue weighted by atomic mass is 35.5. The highest BCUT2D eigenvalue weighted by molar-refractivity contribution is 7.17. The fourth-order valence-corrected chi connectivity index (χ4v) is 3.00. The van der Waals surface area contributed by atoms with Crippen molar-refractivity contribution in [1.29, 1.82) is 0 Å². The second-order valence-electron chi connectivity index (χ2n) is 4.94. The SMILES string of the molecule is COc1ccc(Nc2nc(Cl)c(/C=N/NC(=O)c3ccccn3)s2)cc1. The summed E-state index contributed by atoms with van der Waals surface area (Å²) in [6.45, 7) is 0. The van der Waals surface area contributed by atoms with E-state index in [1.54, 1.807) is 25.3 Å². The smallest absolute Gasteiger partial charge is 0.289 e. The van der Waals surface area contributed by atoms with Gasteiger partial charge in [0.2, 0.25) is 0 Å². The van der Waals surface area contributed by atoms with Crippen molar-refractivity contribution in [2.45, 2.75) is 0 Å². The van der Waals surface area contributed by atoms with Gasteiger partial charge in [-0.3, -0.25) is 9.78 Å². The van der Waals surface area contributed by atoms with E-state index in [9.17, 15) is 4.79 Å².